The molecule has 1 heterocycles. The van der Waals surface area contributed by atoms with E-state index in [1.807, 2.05) is 20.8 Å². The molecule has 1 aliphatic heterocycles. The van der Waals surface area contributed by atoms with Crippen LogP contribution in [0.4, 0.5) is 11.4 Å². The van der Waals surface area contributed by atoms with E-state index in [0.29, 0.717) is 11.6 Å². The Morgan fingerprint density at radius 1 is 1.36 bits per heavy atom. The van der Waals surface area contributed by atoms with Crippen LogP contribution in [-0.2, 0) is 4.79 Å². The smallest absolute Gasteiger partial charge is 0.271 e. The molecule has 1 saturated heterocycles. The van der Waals surface area contributed by atoms with Crippen molar-refractivity contribution in [3.63, 3.8) is 0 Å². The van der Waals surface area contributed by atoms with Crippen LogP contribution in [0.1, 0.15) is 25.8 Å². The number of nitro benzene ring substituents is 1. The van der Waals surface area contributed by atoms with Crippen molar-refractivity contribution in [1.29, 1.82) is 0 Å². The first-order valence-corrected chi connectivity index (χ1v) is 8.90. The van der Waals surface area contributed by atoms with Gasteiger partial charge in [-0.1, -0.05) is 18.5 Å². The first kappa shape index (κ1) is 19.5. The molecule has 25 heavy (non-hydrogen) atoms. The summed E-state index contributed by atoms with van der Waals surface area (Å²) in [6, 6.07) is 3.14. The predicted molar refractivity (Wildman–Crippen MR) is 99.4 cm³/mol. The summed E-state index contributed by atoms with van der Waals surface area (Å²) in [6.07, 6.45) is 0.914. The minimum absolute atomic E-state index is 0.00611. The molecule has 1 atom stereocenters. The number of carbonyl (C=O) groups excluding carboxylic acids is 1. The van der Waals surface area contributed by atoms with Crippen molar-refractivity contribution in [2.75, 3.05) is 37.6 Å². The minimum atomic E-state index is -0.434. The van der Waals surface area contributed by atoms with E-state index in [0.717, 1.165) is 43.9 Å². The van der Waals surface area contributed by atoms with Gasteiger partial charge >= 0.3 is 0 Å². The van der Waals surface area contributed by atoms with Crippen molar-refractivity contribution < 1.29 is 9.72 Å². The van der Waals surface area contributed by atoms with Gasteiger partial charge in [0, 0.05) is 44.4 Å². The van der Waals surface area contributed by atoms with Gasteiger partial charge in [-0.2, -0.15) is 0 Å². The normalized spacial score (nSPS) is 16.6. The fourth-order valence-electron chi connectivity index (χ4n) is 2.98. The van der Waals surface area contributed by atoms with Crippen LogP contribution in [0.5, 0.6) is 0 Å². The first-order valence-electron chi connectivity index (χ1n) is 8.53. The molecule has 1 aliphatic rings. The number of amides is 1. The Balaban J connectivity index is 1.96. The van der Waals surface area contributed by atoms with E-state index < -0.39 is 4.92 Å². The number of rotatable bonds is 6. The van der Waals surface area contributed by atoms with Crippen LogP contribution in [-0.4, -0.2) is 54.5 Å². The molecule has 8 heteroatoms. The Hall–Kier alpha value is -1.86. The zero-order chi connectivity index (χ0) is 18.6. The quantitative estimate of drug-likeness (QED) is 0.616. The Kier molecular flexibility index (Phi) is 6.61. The number of non-ortho nitro benzene ring substituents is 1. The molecule has 7 nitrogen and oxygen atoms in total. The molecule has 1 N–H and O–H groups in total. The maximum atomic E-state index is 12.0. The Bertz CT molecular complexity index is 622. The summed E-state index contributed by atoms with van der Waals surface area (Å²) in [4.78, 5) is 26.7. The fraction of sp³-hybridized carbons (Fsp3) is 0.588. The van der Waals surface area contributed by atoms with Gasteiger partial charge in [-0.15, -0.1) is 0 Å². The average molecular weight is 369 g/mol. The van der Waals surface area contributed by atoms with Crippen LogP contribution in [0.2, 0.25) is 5.02 Å². The summed E-state index contributed by atoms with van der Waals surface area (Å²) in [6.45, 7) is 9.23. The lowest BCUT2D eigenvalue weighted by molar-refractivity contribution is -0.384. The lowest BCUT2D eigenvalue weighted by Crippen LogP contribution is -2.50. The number of anilines is 1. The molecular formula is C17H25ClN4O3. The number of hydrogen-bond acceptors (Lipinski definition) is 5. The SMILES string of the molecule is CCC(C)NC(=O)CN1CCN(c2c(C)cc([N+](=O)[O-])cc2Cl)CC1. The molecular weight excluding hydrogens is 344 g/mol. The number of nitrogens with zero attached hydrogens (tertiary/aromatic N) is 3. The lowest BCUT2D eigenvalue weighted by atomic mass is 10.1. The summed E-state index contributed by atoms with van der Waals surface area (Å²) in [5.74, 6) is 0.0485. The van der Waals surface area contributed by atoms with Crippen LogP contribution in [0.3, 0.4) is 0 Å². The molecule has 0 spiro atoms. The third kappa shape index (κ3) is 5.06. The number of piperazine rings is 1. The van der Waals surface area contributed by atoms with Crippen LogP contribution < -0.4 is 10.2 Å². The van der Waals surface area contributed by atoms with Crippen LogP contribution >= 0.6 is 11.6 Å². The number of carbonyl (C=O) groups is 1. The number of aryl methyl sites for hydroxylation is 1. The lowest BCUT2D eigenvalue weighted by Gasteiger charge is -2.37. The third-order valence-electron chi connectivity index (χ3n) is 4.53. The predicted octanol–water partition coefficient (Wildman–Crippen LogP) is 2.59. The summed E-state index contributed by atoms with van der Waals surface area (Å²) in [7, 11) is 0. The standard InChI is InChI=1S/C17H25ClN4O3/c1-4-13(3)19-16(23)11-20-5-7-21(8-6-20)17-12(2)9-14(22(24)25)10-15(17)18/h9-10,13H,4-8,11H2,1-3H3,(H,19,23). The summed E-state index contributed by atoms with van der Waals surface area (Å²) < 4.78 is 0. The molecule has 0 aromatic heterocycles. The van der Waals surface area contributed by atoms with Crippen LogP contribution in [0.15, 0.2) is 12.1 Å². The van der Waals surface area contributed by atoms with Gasteiger partial charge in [0.25, 0.3) is 5.69 Å². The molecule has 1 aromatic carbocycles. The highest BCUT2D eigenvalue weighted by Gasteiger charge is 2.23. The topological polar surface area (TPSA) is 78.7 Å². The number of nitrogens with one attached hydrogen (secondary N) is 1. The van der Waals surface area contributed by atoms with E-state index >= 15 is 0 Å². The fourth-order valence-corrected chi connectivity index (χ4v) is 3.36. The van der Waals surface area contributed by atoms with Crippen molar-refractivity contribution in [1.82, 2.24) is 10.2 Å². The second kappa shape index (κ2) is 8.49. The van der Waals surface area contributed by atoms with E-state index in [4.69, 9.17) is 11.6 Å². The third-order valence-corrected chi connectivity index (χ3v) is 4.81. The monoisotopic (exact) mass is 368 g/mol. The van der Waals surface area contributed by atoms with Gasteiger partial charge in [0.1, 0.15) is 0 Å². The zero-order valence-electron chi connectivity index (χ0n) is 14.9. The van der Waals surface area contributed by atoms with Gasteiger partial charge in [0.2, 0.25) is 5.91 Å². The summed E-state index contributed by atoms with van der Waals surface area (Å²) in [5, 5.41) is 14.3. The highest BCUT2D eigenvalue weighted by Crippen LogP contribution is 2.34. The van der Waals surface area contributed by atoms with E-state index in [9.17, 15) is 14.9 Å². The van der Waals surface area contributed by atoms with Crippen LogP contribution in [0, 0.1) is 17.0 Å². The minimum Gasteiger partial charge on any atom is -0.368 e. The van der Waals surface area contributed by atoms with Crippen molar-refractivity contribution >= 4 is 28.9 Å². The number of hydrogen-bond donors (Lipinski definition) is 1. The van der Waals surface area contributed by atoms with Crippen molar-refractivity contribution in [3.05, 3.63) is 32.8 Å². The van der Waals surface area contributed by atoms with Crippen molar-refractivity contribution in [2.24, 2.45) is 0 Å². The Labute approximate surface area is 153 Å². The van der Waals surface area contributed by atoms with Gasteiger partial charge in [-0.05, 0) is 25.8 Å². The summed E-state index contributed by atoms with van der Waals surface area (Å²) in [5.41, 5.74) is 1.64. The Morgan fingerprint density at radius 3 is 2.52 bits per heavy atom. The van der Waals surface area contributed by atoms with Crippen molar-refractivity contribution in [3.8, 4) is 0 Å². The van der Waals surface area contributed by atoms with E-state index in [-0.39, 0.29) is 17.6 Å². The highest BCUT2D eigenvalue weighted by molar-refractivity contribution is 6.33. The Morgan fingerprint density at radius 2 is 2.00 bits per heavy atom. The van der Waals surface area contributed by atoms with Crippen LogP contribution in [0.25, 0.3) is 0 Å². The number of nitro groups is 1. The molecule has 0 radical (unpaired) electrons. The molecule has 1 amide bonds. The molecule has 0 saturated carbocycles. The van der Waals surface area contributed by atoms with Gasteiger partial charge in [-0.3, -0.25) is 19.8 Å². The average Bonchev–Trinajstić information content (AvgIpc) is 2.55. The van der Waals surface area contributed by atoms with Gasteiger partial charge in [0.05, 0.1) is 22.2 Å². The highest BCUT2D eigenvalue weighted by atomic mass is 35.5. The molecule has 1 fully saturated rings. The van der Waals surface area contributed by atoms with E-state index in [2.05, 4.69) is 15.1 Å². The molecule has 0 bridgehead atoms. The first-order chi connectivity index (χ1) is 11.8. The molecule has 0 aliphatic carbocycles. The number of halogens is 1. The van der Waals surface area contributed by atoms with Gasteiger partial charge in [0.15, 0.2) is 0 Å². The van der Waals surface area contributed by atoms with E-state index in [1.54, 1.807) is 6.07 Å². The molecule has 138 valence electrons. The maximum absolute atomic E-state index is 12.0. The second-order valence-electron chi connectivity index (χ2n) is 6.49. The number of benzene rings is 1. The molecule has 1 unspecified atom stereocenters. The maximum Gasteiger partial charge on any atom is 0.271 e. The summed E-state index contributed by atoms with van der Waals surface area (Å²) >= 11 is 6.28. The van der Waals surface area contributed by atoms with Crippen molar-refractivity contribution in [2.45, 2.75) is 33.2 Å². The van der Waals surface area contributed by atoms with Gasteiger partial charge < -0.3 is 10.2 Å². The van der Waals surface area contributed by atoms with Gasteiger partial charge in [-0.25, -0.2) is 0 Å². The second-order valence-corrected chi connectivity index (χ2v) is 6.90. The molecule has 2 rings (SSSR count). The largest absolute Gasteiger partial charge is 0.368 e. The van der Waals surface area contributed by atoms with E-state index in [1.165, 1.54) is 6.07 Å². The molecule has 1 aromatic rings. The zero-order valence-corrected chi connectivity index (χ0v) is 15.7.